The summed E-state index contributed by atoms with van der Waals surface area (Å²) in [6, 6.07) is 14.9. The monoisotopic (exact) mass is 414 g/mol. The zero-order valence-electron chi connectivity index (χ0n) is 16.4. The first-order valence-corrected chi connectivity index (χ1v) is 11.3. The van der Waals surface area contributed by atoms with Gasteiger partial charge in [0.1, 0.15) is 0 Å². The number of nitrogens with zero attached hydrogens (tertiary/aromatic N) is 1. The summed E-state index contributed by atoms with van der Waals surface area (Å²) < 4.78 is 28.0. The average molecular weight is 415 g/mol. The third-order valence-electron chi connectivity index (χ3n) is 5.51. The lowest BCUT2D eigenvalue weighted by molar-refractivity contribution is -0.114. The molecule has 2 aromatic carbocycles. The molecule has 154 valence electrons. The van der Waals surface area contributed by atoms with E-state index in [4.69, 9.17) is 0 Å². The van der Waals surface area contributed by atoms with E-state index in [-0.39, 0.29) is 11.4 Å². The van der Waals surface area contributed by atoms with Gasteiger partial charge in [-0.2, -0.15) is 0 Å². The number of para-hydroxylation sites is 1. The number of sulfonamides is 1. The lowest BCUT2D eigenvalue weighted by Gasteiger charge is -2.42. The smallest absolute Gasteiger partial charge is 0.221 e. The summed E-state index contributed by atoms with van der Waals surface area (Å²) in [4.78, 5) is 13.8. The highest BCUT2D eigenvalue weighted by atomic mass is 32.3. The molecule has 2 heterocycles. The number of carbonyl (C=O) groups is 1. The van der Waals surface area contributed by atoms with Crippen LogP contribution in [0.1, 0.15) is 25.3 Å². The molecule has 2 unspecified atom stereocenters. The quantitative estimate of drug-likeness (QED) is 0.671. The summed E-state index contributed by atoms with van der Waals surface area (Å²) in [5.74, 6) is -0.0853. The number of nitrogens with one attached hydrogen (secondary N) is 3. The van der Waals surface area contributed by atoms with E-state index < -0.39 is 10.4 Å². The van der Waals surface area contributed by atoms with Crippen LogP contribution in [0.4, 0.5) is 11.4 Å². The molecular weight excluding hydrogens is 388 g/mol. The summed E-state index contributed by atoms with van der Waals surface area (Å²) in [6.07, 6.45) is 1.89. The number of amides is 1. The highest BCUT2D eigenvalue weighted by molar-refractivity contribution is 7.96. The first kappa shape index (κ1) is 20.0. The number of anilines is 2. The first-order chi connectivity index (χ1) is 13.9. The molecule has 1 amide bonds. The fourth-order valence-electron chi connectivity index (χ4n) is 4.21. The largest absolute Gasteiger partial charge is 0.593 e. The van der Waals surface area contributed by atoms with Crippen molar-refractivity contribution < 1.29 is 13.6 Å². The van der Waals surface area contributed by atoms with Crippen molar-refractivity contribution in [3.8, 4) is 0 Å². The van der Waals surface area contributed by atoms with Crippen LogP contribution in [0.2, 0.25) is 0 Å². The second-order valence-corrected chi connectivity index (χ2v) is 9.65. The predicted octanol–water partition coefficient (Wildman–Crippen LogP) is 2.60. The SMILES string of the molecule is CC(=O)Nc1ccc(CN2CCCC3(CN[S+](=O)([O-])c4ccccc4N3)C2)cc1. The minimum absolute atomic E-state index is 0.0853. The van der Waals surface area contributed by atoms with E-state index in [9.17, 15) is 13.6 Å². The maximum atomic E-state index is 12.6. The van der Waals surface area contributed by atoms with Crippen molar-refractivity contribution in [1.82, 2.24) is 9.62 Å². The Labute approximate surface area is 172 Å². The van der Waals surface area contributed by atoms with Crippen LogP contribution in [-0.4, -0.2) is 40.5 Å². The lowest BCUT2D eigenvalue weighted by atomic mass is 9.88. The van der Waals surface area contributed by atoms with Crippen LogP contribution < -0.4 is 15.4 Å². The molecule has 0 aliphatic carbocycles. The Bertz CT molecular complexity index is 949. The number of fused-ring (bicyclic) bond motifs is 1. The molecule has 4 rings (SSSR count). The minimum Gasteiger partial charge on any atom is -0.593 e. The summed E-state index contributed by atoms with van der Waals surface area (Å²) in [5.41, 5.74) is 2.27. The number of hydrogen-bond acceptors (Lipinski definition) is 5. The zero-order valence-corrected chi connectivity index (χ0v) is 17.3. The number of likely N-dealkylation sites (tertiary alicyclic amines) is 1. The number of rotatable bonds is 3. The second kappa shape index (κ2) is 7.87. The van der Waals surface area contributed by atoms with E-state index >= 15 is 0 Å². The van der Waals surface area contributed by atoms with Gasteiger partial charge in [-0.3, -0.25) is 9.69 Å². The van der Waals surface area contributed by atoms with Gasteiger partial charge in [0.15, 0.2) is 15.3 Å². The molecule has 29 heavy (non-hydrogen) atoms. The predicted molar refractivity (Wildman–Crippen MR) is 113 cm³/mol. The highest BCUT2D eigenvalue weighted by Gasteiger charge is 2.42. The maximum Gasteiger partial charge on any atom is 0.221 e. The molecule has 7 nitrogen and oxygen atoms in total. The molecule has 0 saturated carbocycles. The third-order valence-corrected chi connectivity index (χ3v) is 6.97. The van der Waals surface area contributed by atoms with E-state index in [2.05, 4.69) is 20.3 Å². The molecule has 2 atom stereocenters. The molecule has 2 aromatic rings. The van der Waals surface area contributed by atoms with Crippen molar-refractivity contribution in [2.24, 2.45) is 0 Å². The molecule has 2 aliphatic heterocycles. The van der Waals surface area contributed by atoms with Crippen LogP contribution >= 0.6 is 0 Å². The van der Waals surface area contributed by atoms with Gasteiger partial charge in [0.25, 0.3) is 0 Å². The molecule has 1 spiro atoms. The van der Waals surface area contributed by atoms with Crippen molar-refractivity contribution in [3.63, 3.8) is 0 Å². The van der Waals surface area contributed by atoms with E-state index in [0.29, 0.717) is 17.1 Å². The van der Waals surface area contributed by atoms with Crippen LogP contribution in [-0.2, 0) is 25.9 Å². The average Bonchev–Trinajstić information content (AvgIpc) is 2.78. The number of benzene rings is 2. The number of carbonyl (C=O) groups excluding carboxylic acids is 1. The van der Waals surface area contributed by atoms with Crippen molar-refractivity contribution in [2.45, 2.75) is 36.7 Å². The number of hydrogen-bond donors (Lipinski definition) is 3. The van der Waals surface area contributed by atoms with Crippen molar-refractivity contribution in [1.29, 1.82) is 0 Å². The fourth-order valence-corrected chi connectivity index (χ4v) is 5.50. The molecule has 2 aliphatic rings. The Kier molecular flexibility index (Phi) is 5.44. The lowest BCUT2D eigenvalue weighted by Crippen LogP contribution is -2.57. The summed E-state index contributed by atoms with van der Waals surface area (Å²) in [5, 5.41) is 6.32. The van der Waals surface area contributed by atoms with Gasteiger partial charge < -0.3 is 15.2 Å². The molecule has 0 radical (unpaired) electrons. The molecular formula is C21H26N4O3S. The van der Waals surface area contributed by atoms with Gasteiger partial charge in [-0.25, -0.2) is 0 Å². The molecule has 0 aromatic heterocycles. The Morgan fingerprint density at radius 1 is 1.24 bits per heavy atom. The van der Waals surface area contributed by atoms with Gasteiger partial charge >= 0.3 is 0 Å². The van der Waals surface area contributed by atoms with Crippen LogP contribution in [0.5, 0.6) is 0 Å². The highest BCUT2D eigenvalue weighted by Crippen LogP contribution is 2.34. The summed E-state index contributed by atoms with van der Waals surface area (Å²) in [7, 11) is -3.51. The van der Waals surface area contributed by atoms with Crippen molar-refractivity contribution in [3.05, 3.63) is 54.1 Å². The van der Waals surface area contributed by atoms with Crippen LogP contribution in [0.25, 0.3) is 0 Å². The normalized spacial score (nSPS) is 27.0. The van der Waals surface area contributed by atoms with Crippen molar-refractivity contribution >= 4 is 27.7 Å². The maximum absolute atomic E-state index is 12.6. The van der Waals surface area contributed by atoms with Crippen molar-refractivity contribution in [2.75, 3.05) is 30.3 Å². The number of piperidine rings is 1. The Balaban J connectivity index is 1.49. The Morgan fingerprint density at radius 3 is 2.76 bits per heavy atom. The minimum atomic E-state index is -3.51. The molecule has 1 saturated heterocycles. The standard InChI is InChI=1S/C21H26N4O3S/c1-16(26)23-18-9-7-17(8-10-18)13-25-12-4-11-21(15-25)14-22-29(27,28)20-6-3-2-5-19(20)24-21/h2-3,5-10H,4,11-15H2,1H3,(H3-,22,23,24,26,27,28). The summed E-state index contributed by atoms with van der Waals surface area (Å²) in [6.45, 7) is 4.34. The van der Waals surface area contributed by atoms with Gasteiger partial charge in [-0.15, -0.1) is 4.72 Å². The topological polar surface area (TPSA) is 96.5 Å². The van der Waals surface area contributed by atoms with Gasteiger partial charge in [0.2, 0.25) is 5.91 Å². The molecule has 1 fully saturated rings. The van der Waals surface area contributed by atoms with Crippen LogP contribution in [0.15, 0.2) is 53.4 Å². The van der Waals surface area contributed by atoms with Gasteiger partial charge in [-0.05, 0) is 49.2 Å². The van der Waals surface area contributed by atoms with E-state index in [1.54, 1.807) is 12.1 Å². The Morgan fingerprint density at radius 2 is 2.00 bits per heavy atom. The van der Waals surface area contributed by atoms with E-state index in [0.717, 1.165) is 43.7 Å². The zero-order chi connectivity index (χ0) is 20.5. The molecule has 3 N–H and O–H groups in total. The van der Waals surface area contributed by atoms with Gasteiger partial charge in [0, 0.05) is 25.7 Å². The van der Waals surface area contributed by atoms with E-state index in [1.807, 2.05) is 36.4 Å². The third kappa shape index (κ3) is 4.51. The molecule has 0 bridgehead atoms. The molecule has 8 heteroatoms. The Hall–Kier alpha value is -2.26. The van der Waals surface area contributed by atoms with Gasteiger partial charge in [0.05, 0.1) is 17.8 Å². The fraction of sp³-hybridized carbons (Fsp3) is 0.381. The first-order valence-electron chi connectivity index (χ1n) is 9.81. The summed E-state index contributed by atoms with van der Waals surface area (Å²) >= 11 is 0. The van der Waals surface area contributed by atoms with Gasteiger partial charge in [-0.1, -0.05) is 28.5 Å². The van der Waals surface area contributed by atoms with E-state index in [1.165, 1.54) is 6.92 Å². The second-order valence-electron chi connectivity index (χ2n) is 7.92. The van der Waals surface area contributed by atoms with Crippen LogP contribution in [0, 0.1) is 0 Å². The van der Waals surface area contributed by atoms with Crippen LogP contribution in [0.3, 0.4) is 0 Å².